The molecule has 0 aromatic heterocycles. The number of nitrogens with zero attached hydrogens (tertiary/aromatic N) is 1. The van der Waals surface area contributed by atoms with Crippen molar-refractivity contribution in [3.05, 3.63) is 0 Å². The predicted octanol–water partition coefficient (Wildman–Crippen LogP) is 2.02. The summed E-state index contributed by atoms with van der Waals surface area (Å²) >= 11 is 0. The summed E-state index contributed by atoms with van der Waals surface area (Å²) in [4.78, 5) is 2.43. The summed E-state index contributed by atoms with van der Waals surface area (Å²) in [5.41, 5.74) is -0.859. The van der Waals surface area contributed by atoms with Crippen molar-refractivity contribution in [2.45, 2.75) is 64.6 Å². The molecule has 0 spiro atoms. The maximum Gasteiger partial charge on any atom is 0.120 e. The molecule has 0 aliphatic carbocycles. The zero-order valence-corrected chi connectivity index (χ0v) is 10.4. The molecular formula is C13H23NO. The van der Waals surface area contributed by atoms with E-state index in [4.69, 9.17) is 0 Å². The van der Waals surface area contributed by atoms with Gasteiger partial charge in [-0.2, -0.15) is 0 Å². The van der Waals surface area contributed by atoms with E-state index in [2.05, 4.69) is 30.6 Å². The Morgan fingerprint density at radius 3 is 2.27 bits per heavy atom. The van der Waals surface area contributed by atoms with Gasteiger partial charge in [-0.25, -0.2) is 0 Å². The predicted molar refractivity (Wildman–Crippen MR) is 63.6 cm³/mol. The van der Waals surface area contributed by atoms with E-state index >= 15 is 0 Å². The minimum atomic E-state index is -0.859. The largest absolute Gasteiger partial charge is 0.378 e. The maximum atomic E-state index is 9.49. The van der Waals surface area contributed by atoms with Gasteiger partial charge < -0.3 is 5.11 Å². The first-order chi connectivity index (χ1) is 6.90. The molecule has 15 heavy (non-hydrogen) atoms. The van der Waals surface area contributed by atoms with Crippen LogP contribution in [0.15, 0.2) is 0 Å². The summed E-state index contributed by atoms with van der Waals surface area (Å²) in [7, 11) is 0. The molecule has 1 aliphatic rings. The van der Waals surface area contributed by atoms with Crippen LogP contribution in [0.25, 0.3) is 0 Å². The number of hydrogen-bond donors (Lipinski definition) is 1. The summed E-state index contributed by atoms with van der Waals surface area (Å²) in [6.07, 6.45) is 3.88. The second kappa shape index (κ2) is 5.01. The lowest BCUT2D eigenvalue weighted by atomic mass is 9.97. The van der Waals surface area contributed by atoms with Gasteiger partial charge in [0.25, 0.3) is 0 Å². The minimum Gasteiger partial charge on any atom is -0.378 e. The van der Waals surface area contributed by atoms with E-state index in [1.165, 1.54) is 19.3 Å². The summed E-state index contributed by atoms with van der Waals surface area (Å²) < 4.78 is 0. The average molecular weight is 209 g/mol. The van der Waals surface area contributed by atoms with E-state index in [0.717, 1.165) is 6.54 Å². The van der Waals surface area contributed by atoms with Crippen molar-refractivity contribution in [3.63, 3.8) is 0 Å². The first-order valence-electron chi connectivity index (χ1n) is 5.88. The molecule has 2 atom stereocenters. The van der Waals surface area contributed by atoms with Gasteiger partial charge in [0.05, 0.1) is 6.54 Å². The molecule has 1 aliphatic heterocycles. The smallest absolute Gasteiger partial charge is 0.120 e. The van der Waals surface area contributed by atoms with Crippen LogP contribution in [0, 0.1) is 11.8 Å². The molecule has 1 heterocycles. The minimum absolute atomic E-state index is 0.629. The van der Waals surface area contributed by atoms with Gasteiger partial charge in [0.2, 0.25) is 0 Å². The Balaban J connectivity index is 2.51. The number of aliphatic hydroxyl groups is 1. The van der Waals surface area contributed by atoms with E-state index in [1.54, 1.807) is 13.8 Å². The molecule has 0 radical (unpaired) electrons. The van der Waals surface area contributed by atoms with Crippen LogP contribution in [-0.2, 0) is 0 Å². The fraction of sp³-hybridized carbons (Fsp3) is 0.846. The van der Waals surface area contributed by atoms with Crippen LogP contribution in [-0.4, -0.2) is 34.2 Å². The Morgan fingerprint density at radius 1 is 1.27 bits per heavy atom. The molecule has 0 unspecified atom stereocenters. The molecule has 1 N–H and O–H groups in total. The molecule has 1 rings (SSSR count). The fourth-order valence-electron chi connectivity index (χ4n) is 2.13. The molecule has 2 nitrogen and oxygen atoms in total. The number of piperidine rings is 1. The lowest BCUT2D eigenvalue weighted by Gasteiger charge is -2.37. The van der Waals surface area contributed by atoms with Gasteiger partial charge >= 0.3 is 0 Å². The number of rotatable bonds is 1. The number of likely N-dealkylation sites (tertiary alicyclic amines) is 1. The molecule has 1 saturated heterocycles. The summed E-state index contributed by atoms with van der Waals surface area (Å²) in [6, 6.07) is 1.26. The molecule has 0 saturated carbocycles. The molecular weight excluding hydrogens is 186 g/mol. The van der Waals surface area contributed by atoms with Crippen LogP contribution in [0.3, 0.4) is 0 Å². The monoisotopic (exact) mass is 209 g/mol. The standard InChI is InChI=1S/C13H23NO/c1-11-7-5-8-12(2)14(11)10-6-9-13(3,4)15/h11-12,15H,5,7-8,10H2,1-4H3/t11-,12-/m0/s1. The van der Waals surface area contributed by atoms with Crippen molar-refractivity contribution in [1.29, 1.82) is 0 Å². The number of hydrogen-bond acceptors (Lipinski definition) is 2. The normalized spacial score (nSPS) is 28.3. The molecule has 1 fully saturated rings. The third kappa shape index (κ3) is 4.24. The highest BCUT2D eigenvalue weighted by atomic mass is 16.3. The zero-order valence-electron chi connectivity index (χ0n) is 10.4. The van der Waals surface area contributed by atoms with Crippen molar-refractivity contribution in [3.8, 4) is 11.8 Å². The van der Waals surface area contributed by atoms with Gasteiger partial charge in [-0.1, -0.05) is 18.3 Å². The maximum absolute atomic E-state index is 9.49. The van der Waals surface area contributed by atoms with Crippen molar-refractivity contribution in [2.75, 3.05) is 6.54 Å². The van der Waals surface area contributed by atoms with Gasteiger partial charge in [-0.15, -0.1) is 0 Å². The van der Waals surface area contributed by atoms with Crippen molar-refractivity contribution in [1.82, 2.24) is 4.90 Å². The topological polar surface area (TPSA) is 23.5 Å². The molecule has 0 amide bonds. The summed E-state index contributed by atoms with van der Waals surface area (Å²) in [6.45, 7) is 8.77. The van der Waals surface area contributed by atoms with Gasteiger partial charge in [0, 0.05) is 12.1 Å². The average Bonchev–Trinajstić information content (AvgIpc) is 2.08. The van der Waals surface area contributed by atoms with Crippen LogP contribution in [0.2, 0.25) is 0 Å². The third-order valence-corrected chi connectivity index (χ3v) is 3.03. The van der Waals surface area contributed by atoms with Crippen LogP contribution >= 0.6 is 0 Å². The quantitative estimate of drug-likeness (QED) is 0.668. The SMILES string of the molecule is C[C@H]1CCC[C@H](C)N1CC#CC(C)(C)O. The second-order valence-corrected chi connectivity index (χ2v) is 5.16. The van der Waals surface area contributed by atoms with Gasteiger partial charge in [0.1, 0.15) is 5.60 Å². The fourth-order valence-corrected chi connectivity index (χ4v) is 2.13. The van der Waals surface area contributed by atoms with Crippen molar-refractivity contribution in [2.24, 2.45) is 0 Å². The van der Waals surface area contributed by atoms with Crippen molar-refractivity contribution >= 4 is 0 Å². The van der Waals surface area contributed by atoms with E-state index in [9.17, 15) is 5.11 Å². The van der Waals surface area contributed by atoms with Crippen LogP contribution in [0.4, 0.5) is 0 Å². The highest BCUT2D eigenvalue weighted by Gasteiger charge is 2.23. The lowest BCUT2D eigenvalue weighted by molar-refractivity contribution is 0.120. The Hall–Kier alpha value is -0.520. The molecule has 0 aromatic carbocycles. The van der Waals surface area contributed by atoms with Gasteiger partial charge in [-0.05, 0) is 40.5 Å². The highest BCUT2D eigenvalue weighted by molar-refractivity contribution is 5.11. The third-order valence-electron chi connectivity index (χ3n) is 3.03. The molecule has 86 valence electrons. The van der Waals surface area contributed by atoms with E-state index < -0.39 is 5.60 Å². The summed E-state index contributed by atoms with van der Waals surface area (Å²) in [5, 5.41) is 9.49. The Kier molecular flexibility index (Phi) is 4.19. The van der Waals surface area contributed by atoms with Crippen LogP contribution < -0.4 is 0 Å². The van der Waals surface area contributed by atoms with Gasteiger partial charge in [-0.3, -0.25) is 4.90 Å². The van der Waals surface area contributed by atoms with E-state index in [-0.39, 0.29) is 0 Å². The first kappa shape index (κ1) is 12.5. The highest BCUT2D eigenvalue weighted by Crippen LogP contribution is 2.21. The Morgan fingerprint density at radius 2 is 1.80 bits per heavy atom. The van der Waals surface area contributed by atoms with Gasteiger partial charge in [0.15, 0.2) is 0 Å². The van der Waals surface area contributed by atoms with E-state index in [1.807, 2.05) is 0 Å². The second-order valence-electron chi connectivity index (χ2n) is 5.16. The molecule has 2 heteroatoms. The Bertz CT molecular complexity index is 246. The van der Waals surface area contributed by atoms with E-state index in [0.29, 0.717) is 12.1 Å². The Labute approximate surface area is 93.7 Å². The first-order valence-corrected chi connectivity index (χ1v) is 5.88. The lowest BCUT2D eigenvalue weighted by Crippen LogP contribution is -2.43. The molecule has 0 aromatic rings. The molecule has 0 bridgehead atoms. The van der Waals surface area contributed by atoms with Crippen LogP contribution in [0.5, 0.6) is 0 Å². The zero-order chi connectivity index (χ0) is 11.5. The summed E-state index contributed by atoms with van der Waals surface area (Å²) in [5.74, 6) is 5.96. The van der Waals surface area contributed by atoms with Crippen molar-refractivity contribution < 1.29 is 5.11 Å². The van der Waals surface area contributed by atoms with Crippen LogP contribution in [0.1, 0.15) is 47.0 Å².